The highest BCUT2D eigenvalue weighted by molar-refractivity contribution is 6.33. The summed E-state index contributed by atoms with van der Waals surface area (Å²) >= 11 is 12.0. The van der Waals surface area contributed by atoms with Gasteiger partial charge in [-0.05, 0) is 41.6 Å². The van der Waals surface area contributed by atoms with Crippen LogP contribution >= 0.6 is 23.2 Å². The number of benzene rings is 1. The second-order valence-corrected chi connectivity index (χ2v) is 5.65. The van der Waals surface area contributed by atoms with Crippen molar-refractivity contribution in [3.05, 3.63) is 44.3 Å². The summed E-state index contributed by atoms with van der Waals surface area (Å²) in [5.41, 5.74) is 9.24. The summed E-state index contributed by atoms with van der Waals surface area (Å²) in [5.74, 6) is 0.217. The summed E-state index contributed by atoms with van der Waals surface area (Å²) in [5, 5.41) is 4.83. The van der Waals surface area contributed by atoms with Crippen molar-refractivity contribution < 1.29 is 4.79 Å². The van der Waals surface area contributed by atoms with E-state index in [-0.39, 0.29) is 11.8 Å². The molecule has 5 nitrogen and oxygen atoms in total. The number of hydrogen-bond acceptors (Lipinski definition) is 2. The van der Waals surface area contributed by atoms with E-state index >= 15 is 0 Å². The molecule has 1 aliphatic heterocycles. The molecule has 0 N–H and O–H groups in total. The Labute approximate surface area is 127 Å². The molecule has 1 aromatic carbocycles. The molecule has 0 spiro atoms. The Morgan fingerprint density at radius 1 is 1.45 bits per heavy atom. The van der Waals surface area contributed by atoms with Crippen molar-refractivity contribution in [1.82, 2.24) is 4.90 Å². The molecule has 2 rings (SSSR count). The van der Waals surface area contributed by atoms with Gasteiger partial charge in [-0.2, -0.15) is 0 Å². The summed E-state index contributed by atoms with van der Waals surface area (Å²) in [7, 11) is 0. The largest absolute Gasteiger partial charge is 0.342 e. The molecule has 0 aliphatic carbocycles. The minimum absolute atomic E-state index is 0.0984. The molecule has 1 unspecified atom stereocenters. The Morgan fingerprint density at radius 2 is 2.25 bits per heavy atom. The number of carbonyl (C=O) groups excluding carboxylic acids is 1. The molecule has 0 aromatic heterocycles. The van der Waals surface area contributed by atoms with E-state index in [1.54, 1.807) is 17.0 Å². The topological polar surface area (TPSA) is 69.1 Å². The third kappa shape index (κ3) is 3.79. The minimum Gasteiger partial charge on any atom is -0.342 e. The maximum Gasteiger partial charge on any atom is 0.222 e. The molecule has 1 aromatic rings. The van der Waals surface area contributed by atoms with Crippen molar-refractivity contribution in [2.45, 2.75) is 12.8 Å². The monoisotopic (exact) mass is 312 g/mol. The first-order valence-electron chi connectivity index (χ1n) is 6.32. The molecule has 1 atom stereocenters. The maximum absolute atomic E-state index is 11.9. The number of hydrogen-bond donors (Lipinski definition) is 0. The Balaban J connectivity index is 1.92. The number of amides is 1. The minimum atomic E-state index is 0.0984. The lowest BCUT2D eigenvalue weighted by atomic mass is 10.1. The van der Waals surface area contributed by atoms with Crippen LogP contribution in [-0.2, 0) is 11.2 Å². The van der Waals surface area contributed by atoms with Crippen LogP contribution in [-0.4, -0.2) is 30.4 Å². The van der Waals surface area contributed by atoms with Crippen LogP contribution in [0.15, 0.2) is 23.3 Å². The zero-order valence-corrected chi connectivity index (χ0v) is 12.3. The first-order chi connectivity index (χ1) is 9.60. The van der Waals surface area contributed by atoms with E-state index in [9.17, 15) is 4.79 Å². The highest BCUT2D eigenvalue weighted by Crippen LogP contribution is 2.23. The van der Waals surface area contributed by atoms with Crippen LogP contribution in [0.1, 0.15) is 12.0 Å². The Kier molecular flexibility index (Phi) is 5.12. The van der Waals surface area contributed by atoms with Gasteiger partial charge in [-0.25, -0.2) is 0 Å². The number of carbonyl (C=O) groups is 1. The summed E-state index contributed by atoms with van der Waals surface area (Å²) in [6.07, 6.45) is 1.11. The van der Waals surface area contributed by atoms with E-state index in [4.69, 9.17) is 28.7 Å². The van der Waals surface area contributed by atoms with Crippen molar-refractivity contribution in [2.75, 3.05) is 19.6 Å². The van der Waals surface area contributed by atoms with Crippen molar-refractivity contribution in [1.29, 1.82) is 0 Å². The van der Waals surface area contributed by atoms with E-state index in [0.29, 0.717) is 42.5 Å². The van der Waals surface area contributed by atoms with Crippen LogP contribution in [0.4, 0.5) is 0 Å². The van der Waals surface area contributed by atoms with Crippen molar-refractivity contribution in [3.63, 3.8) is 0 Å². The fraction of sp³-hybridized carbons (Fsp3) is 0.462. The van der Waals surface area contributed by atoms with Crippen LogP contribution in [0.25, 0.3) is 10.4 Å². The molecule has 0 bridgehead atoms. The highest BCUT2D eigenvalue weighted by Gasteiger charge is 2.28. The maximum atomic E-state index is 11.9. The zero-order valence-electron chi connectivity index (χ0n) is 10.8. The standard InChI is InChI=1S/C13H14Cl2N4O/c14-11-1-2-12(15)10(6-11)3-4-19-8-9(5-13(19)20)7-17-18-16/h1-2,6,9H,3-5,7-8H2. The van der Waals surface area contributed by atoms with E-state index < -0.39 is 0 Å². The summed E-state index contributed by atoms with van der Waals surface area (Å²) in [6.45, 7) is 1.61. The number of rotatable bonds is 5. The van der Waals surface area contributed by atoms with Crippen molar-refractivity contribution in [3.8, 4) is 0 Å². The summed E-state index contributed by atoms with van der Waals surface area (Å²) in [6, 6.07) is 5.32. The smallest absolute Gasteiger partial charge is 0.222 e. The SMILES string of the molecule is [N-]=[N+]=NCC1CC(=O)N(CCc2cc(Cl)ccc2Cl)C1. The van der Waals surface area contributed by atoms with E-state index in [0.717, 1.165) is 5.56 Å². The molecule has 1 heterocycles. The van der Waals surface area contributed by atoms with Gasteiger partial charge in [0.15, 0.2) is 0 Å². The van der Waals surface area contributed by atoms with Crippen molar-refractivity contribution >= 4 is 29.1 Å². The second kappa shape index (κ2) is 6.84. The predicted molar refractivity (Wildman–Crippen MR) is 78.9 cm³/mol. The van der Waals surface area contributed by atoms with Crippen LogP contribution in [0.2, 0.25) is 10.0 Å². The molecule has 1 saturated heterocycles. The fourth-order valence-corrected chi connectivity index (χ4v) is 2.74. The molecule has 0 radical (unpaired) electrons. The Hall–Kier alpha value is -1.42. The lowest BCUT2D eigenvalue weighted by Gasteiger charge is -2.16. The molecular formula is C13H14Cl2N4O. The molecule has 1 aliphatic rings. The molecule has 1 amide bonds. The van der Waals surface area contributed by atoms with Gasteiger partial charge in [0.1, 0.15) is 0 Å². The molecule has 7 heteroatoms. The van der Waals surface area contributed by atoms with Gasteiger partial charge < -0.3 is 4.90 Å². The lowest BCUT2D eigenvalue weighted by Crippen LogP contribution is -2.27. The summed E-state index contributed by atoms with van der Waals surface area (Å²) in [4.78, 5) is 16.4. The van der Waals surface area contributed by atoms with Gasteiger partial charge in [0.05, 0.1) is 0 Å². The van der Waals surface area contributed by atoms with Gasteiger partial charge in [0, 0.05) is 41.0 Å². The van der Waals surface area contributed by atoms with Gasteiger partial charge in [-0.1, -0.05) is 28.3 Å². The third-order valence-corrected chi connectivity index (χ3v) is 3.96. The van der Waals surface area contributed by atoms with Gasteiger partial charge in [-0.15, -0.1) is 0 Å². The number of nitrogens with zero attached hydrogens (tertiary/aromatic N) is 4. The van der Waals surface area contributed by atoms with Crippen molar-refractivity contribution in [2.24, 2.45) is 11.0 Å². The predicted octanol–water partition coefficient (Wildman–Crippen LogP) is 3.69. The Bertz CT molecular complexity index is 557. The van der Waals surface area contributed by atoms with E-state index in [1.807, 2.05) is 6.07 Å². The third-order valence-electron chi connectivity index (χ3n) is 3.36. The fourth-order valence-electron chi connectivity index (χ4n) is 2.33. The van der Waals surface area contributed by atoms with Crippen LogP contribution in [0, 0.1) is 5.92 Å². The second-order valence-electron chi connectivity index (χ2n) is 4.81. The van der Waals surface area contributed by atoms with Gasteiger partial charge in [0.25, 0.3) is 0 Å². The van der Waals surface area contributed by atoms with E-state index in [2.05, 4.69) is 10.0 Å². The quantitative estimate of drug-likeness (QED) is 0.464. The molecule has 106 valence electrons. The number of azide groups is 1. The van der Waals surface area contributed by atoms with Crippen LogP contribution in [0.3, 0.4) is 0 Å². The van der Waals surface area contributed by atoms with Crippen LogP contribution < -0.4 is 0 Å². The van der Waals surface area contributed by atoms with E-state index in [1.165, 1.54) is 0 Å². The average molecular weight is 313 g/mol. The van der Waals surface area contributed by atoms with Gasteiger partial charge in [0.2, 0.25) is 5.91 Å². The lowest BCUT2D eigenvalue weighted by molar-refractivity contribution is -0.127. The number of halogens is 2. The molecular weight excluding hydrogens is 299 g/mol. The first-order valence-corrected chi connectivity index (χ1v) is 7.08. The van der Waals surface area contributed by atoms with Gasteiger partial charge in [-0.3, -0.25) is 4.79 Å². The summed E-state index contributed by atoms with van der Waals surface area (Å²) < 4.78 is 0. The highest BCUT2D eigenvalue weighted by atomic mass is 35.5. The normalized spacial score (nSPS) is 18.2. The molecule has 0 saturated carbocycles. The van der Waals surface area contributed by atoms with Gasteiger partial charge >= 0.3 is 0 Å². The Morgan fingerprint density at radius 3 is 3.00 bits per heavy atom. The average Bonchev–Trinajstić information content (AvgIpc) is 2.78. The first kappa shape index (κ1) is 15.0. The van der Waals surface area contributed by atoms with Crippen LogP contribution in [0.5, 0.6) is 0 Å². The molecule has 20 heavy (non-hydrogen) atoms. The zero-order chi connectivity index (χ0) is 14.5. The number of likely N-dealkylation sites (tertiary alicyclic amines) is 1. The molecule has 1 fully saturated rings.